The molecule has 0 bridgehead atoms. The molecule has 21 heavy (non-hydrogen) atoms. The van der Waals surface area contributed by atoms with Crippen LogP contribution in [0.15, 0.2) is 24.3 Å². The van der Waals surface area contributed by atoms with Crippen LogP contribution in [0.3, 0.4) is 0 Å². The summed E-state index contributed by atoms with van der Waals surface area (Å²) in [6, 6.07) is 6.61. The Hall–Kier alpha value is -2.35. The molecule has 0 aliphatic heterocycles. The minimum atomic E-state index is -0.392. The van der Waals surface area contributed by atoms with Crippen LogP contribution in [0.2, 0.25) is 0 Å². The molecule has 8 heteroatoms. The van der Waals surface area contributed by atoms with Gasteiger partial charge in [0.1, 0.15) is 0 Å². The van der Waals surface area contributed by atoms with Gasteiger partial charge in [-0.1, -0.05) is 32.0 Å². The Bertz CT molecular complexity index is 610. The Kier molecular flexibility index (Phi) is 4.94. The maximum absolute atomic E-state index is 11.0. The van der Waals surface area contributed by atoms with Gasteiger partial charge in [-0.2, -0.15) is 0 Å². The molecule has 8 nitrogen and oxygen atoms in total. The predicted molar refractivity (Wildman–Crippen MR) is 76.6 cm³/mol. The van der Waals surface area contributed by atoms with Crippen molar-refractivity contribution in [2.45, 2.75) is 26.9 Å². The standard InChI is InChI=1S/C13H18N6O2/c1-10(2)7-14-8-13-15-16-17-18(13)9-11-5-3-4-6-12(11)19(20)21/h3-6,10,14H,7-9H2,1-2H3. The molecule has 2 aromatic rings. The van der Waals surface area contributed by atoms with E-state index in [4.69, 9.17) is 0 Å². The molecule has 0 amide bonds. The minimum absolute atomic E-state index is 0.0779. The molecule has 0 aliphatic carbocycles. The van der Waals surface area contributed by atoms with Crippen molar-refractivity contribution in [2.75, 3.05) is 6.54 Å². The van der Waals surface area contributed by atoms with Crippen molar-refractivity contribution >= 4 is 5.69 Å². The van der Waals surface area contributed by atoms with E-state index in [-0.39, 0.29) is 12.2 Å². The van der Waals surface area contributed by atoms with Crippen molar-refractivity contribution < 1.29 is 4.92 Å². The average molecular weight is 290 g/mol. The van der Waals surface area contributed by atoms with Crippen LogP contribution in [0, 0.1) is 16.0 Å². The summed E-state index contributed by atoms with van der Waals surface area (Å²) in [4.78, 5) is 10.6. The first-order valence-electron chi connectivity index (χ1n) is 6.76. The number of nitro groups is 1. The summed E-state index contributed by atoms with van der Waals surface area (Å²) < 4.78 is 1.58. The fourth-order valence-electron chi connectivity index (χ4n) is 1.93. The van der Waals surface area contributed by atoms with Crippen molar-refractivity contribution in [1.29, 1.82) is 0 Å². The third-order valence-corrected chi connectivity index (χ3v) is 2.95. The molecule has 0 atom stereocenters. The van der Waals surface area contributed by atoms with Gasteiger partial charge in [0, 0.05) is 6.07 Å². The fourth-order valence-corrected chi connectivity index (χ4v) is 1.93. The summed E-state index contributed by atoms with van der Waals surface area (Å²) >= 11 is 0. The van der Waals surface area contributed by atoms with Crippen LogP contribution >= 0.6 is 0 Å². The van der Waals surface area contributed by atoms with Gasteiger partial charge < -0.3 is 5.32 Å². The molecular weight excluding hydrogens is 272 g/mol. The van der Waals surface area contributed by atoms with Gasteiger partial charge in [0.2, 0.25) is 0 Å². The maximum Gasteiger partial charge on any atom is 0.274 e. The second-order valence-corrected chi connectivity index (χ2v) is 5.16. The van der Waals surface area contributed by atoms with Crippen molar-refractivity contribution in [3.8, 4) is 0 Å². The number of hydrogen-bond donors (Lipinski definition) is 1. The highest BCUT2D eigenvalue weighted by Crippen LogP contribution is 2.18. The first-order valence-corrected chi connectivity index (χ1v) is 6.76. The lowest BCUT2D eigenvalue weighted by Gasteiger charge is -2.08. The van der Waals surface area contributed by atoms with Gasteiger partial charge in [-0.25, -0.2) is 4.68 Å². The van der Waals surface area contributed by atoms with Crippen LogP contribution in [0.1, 0.15) is 25.2 Å². The Morgan fingerprint density at radius 1 is 1.38 bits per heavy atom. The van der Waals surface area contributed by atoms with Crippen LogP contribution in [0.4, 0.5) is 5.69 Å². The van der Waals surface area contributed by atoms with Crippen molar-refractivity contribution in [2.24, 2.45) is 5.92 Å². The largest absolute Gasteiger partial charge is 0.310 e. The number of aromatic nitrogens is 4. The molecule has 112 valence electrons. The Morgan fingerprint density at radius 3 is 2.86 bits per heavy atom. The molecule has 0 fully saturated rings. The highest BCUT2D eigenvalue weighted by molar-refractivity contribution is 5.39. The number of hydrogen-bond acceptors (Lipinski definition) is 6. The summed E-state index contributed by atoms with van der Waals surface area (Å²) in [5.74, 6) is 1.19. The zero-order valence-corrected chi connectivity index (χ0v) is 12.1. The molecule has 1 aromatic carbocycles. The SMILES string of the molecule is CC(C)CNCc1nnnn1Cc1ccccc1[N+](=O)[O-]. The normalized spacial score (nSPS) is 11.0. The van der Waals surface area contributed by atoms with E-state index in [1.165, 1.54) is 6.07 Å². The Balaban J connectivity index is 2.10. The number of nitrogens with zero attached hydrogens (tertiary/aromatic N) is 5. The number of tetrazole rings is 1. The van der Waals surface area contributed by atoms with Crippen LogP contribution in [0.25, 0.3) is 0 Å². The molecule has 0 aliphatic rings. The highest BCUT2D eigenvalue weighted by atomic mass is 16.6. The summed E-state index contributed by atoms with van der Waals surface area (Å²) in [5.41, 5.74) is 0.661. The first kappa shape index (κ1) is 15.0. The minimum Gasteiger partial charge on any atom is -0.310 e. The molecule has 0 unspecified atom stereocenters. The predicted octanol–water partition coefficient (Wildman–Crippen LogP) is 1.38. The lowest BCUT2D eigenvalue weighted by atomic mass is 10.2. The molecule has 0 saturated carbocycles. The monoisotopic (exact) mass is 290 g/mol. The molecule has 1 heterocycles. The van der Waals surface area contributed by atoms with E-state index in [0.717, 1.165) is 6.54 Å². The van der Waals surface area contributed by atoms with E-state index >= 15 is 0 Å². The molecule has 0 spiro atoms. The lowest BCUT2D eigenvalue weighted by molar-refractivity contribution is -0.385. The Morgan fingerprint density at radius 2 is 2.14 bits per heavy atom. The van der Waals surface area contributed by atoms with E-state index in [1.807, 2.05) is 0 Å². The zero-order chi connectivity index (χ0) is 15.2. The molecule has 1 aromatic heterocycles. The van der Waals surface area contributed by atoms with Crippen molar-refractivity contribution in [1.82, 2.24) is 25.5 Å². The van der Waals surface area contributed by atoms with Gasteiger partial charge in [0.05, 0.1) is 23.6 Å². The average Bonchev–Trinajstić information content (AvgIpc) is 2.86. The molecular formula is C13H18N6O2. The van der Waals surface area contributed by atoms with Gasteiger partial charge in [0.15, 0.2) is 5.82 Å². The van der Waals surface area contributed by atoms with E-state index in [1.54, 1.807) is 22.9 Å². The molecule has 0 radical (unpaired) electrons. The highest BCUT2D eigenvalue weighted by Gasteiger charge is 2.15. The van der Waals surface area contributed by atoms with Gasteiger partial charge in [0.25, 0.3) is 5.69 Å². The summed E-state index contributed by atoms with van der Waals surface area (Å²) in [6.45, 7) is 5.90. The second-order valence-electron chi connectivity index (χ2n) is 5.16. The number of rotatable bonds is 7. The third-order valence-electron chi connectivity index (χ3n) is 2.95. The number of nitrogens with one attached hydrogen (secondary N) is 1. The van der Waals surface area contributed by atoms with Crippen molar-refractivity contribution in [3.05, 3.63) is 45.8 Å². The summed E-state index contributed by atoms with van der Waals surface area (Å²) in [7, 11) is 0. The quantitative estimate of drug-likeness (QED) is 0.611. The van der Waals surface area contributed by atoms with E-state index in [0.29, 0.717) is 23.9 Å². The molecule has 2 rings (SSSR count). The summed E-state index contributed by atoms with van der Waals surface area (Å²) in [6.07, 6.45) is 0. The van der Waals surface area contributed by atoms with Crippen LogP contribution in [0.5, 0.6) is 0 Å². The van der Waals surface area contributed by atoms with E-state index < -0.39 is 4.92 Å². The zero-order valence-electron chi connectivity index (χ0n) is 12.1. The number of nitro benzene ring substituents is 1. The lowest BCUT2D eigenvalue weighted by Crippen LogP contribution is -2.22. The second kappa shape index (κ2) is 6.89. The van der Waals surface area contributed by atoms with Crippen LogP contribution in [-0.4, -0.2) is 31.7 Å². The van der Waals surface area contributed by atoms with Crippen molar-refractivity contribution in [3.63, 3.8) is 0 Å². The molecule has 1 N–H and O–H groups in total. The van der Waals surface area contributed by atoms with Gasteiger partial charge in [-0.05, 0) is 22.9 Å². The summed E-state index contributed by atoms with van der Waals surface area (Å²) in [5, 5.41) is 25.8. The fraction of sp³-hybridized carbons (Fsp3) is 0.462. The third kappa shape index (κ3) is 4.06. The maximum atomic E-state index is 11.0. The van der Waals surface area contributed by atoms with Crippen LogP contribution < -0.4 is 5.32 Å². The van der Waals surface area contributed by atoms with E-state index in [9.17, 15) is 10.1 Å². The van der Waals surface area contributed by atoms with Gasteiger partial charge in [-0.3, -0.25) is 10.1 Å². The Labute approximate surface area is 122 Å². The van der Waals surface area contributed by atoms with Crippen LogP contribution in [-0.2, 0) is 13.1 Å². The number of benzene rings is 1. The number of para-hydroxylation sites is 1. The first-order chi connectivity index (χ1) is 10.1. The topological polar surface area (TPSA) is 98.8 Å². The van der Waals surface area contributed by atoms with E-state index in [2.05, 4.69) is 34.7 Å². The molecule has 0 saturated heterocycles. The smallest absolute Gasteiger partial charge is 0.274 e. The van der Waals surface area contributed by atoms with Gasteiger partial charge >= 0.3 is 0 Å². The van der Waals surface area contributed by atoms with Gasteiger partial charge in [-0.15, -0.1) is 5.10 Å².